The van der Waals surface area contributed by atoms with Gasteiger partial charge in [0.05, 0.1) is 6.04 Å². The number of aliphatic hydroxyl groups is 1. The third-order valence-corrected chi connectivity index (χ3v) is 10.2. The van der Waals surface area contributed by atoms with E-state index in [0.29, 0.717) is 16.9 Å². The number of phenols is 1. The smallest absolute Gasteiger partial charge is 0.405 e. The van der Waals surface area contributed by atoms with Crippen molar-refractivity contribution in [3.05, 3.63) is 111 Å². The Hall–Kier alpha value is -6.81. The molecule has 4 rings (SSSR count). The summed E-state index contributed by atoms with van der Waals surface area (Å²) in [4.78, 5) is 106. The van der Waals surface area contributed by atoms with Crippen molar-refractivity contribution in [1.82, 2.24) is 41.0 Å². The number of amides is 6. The van der Waals surface area contributed by atoms with Crippen LogP contribution >= 0.6 is 11.8 Å². The number of ether oxygens (including phenoxy) is 1. The average molecular weight is 869 g/mol. The summed E-state index contributed by atoms with van der Waals surface area (Å²) in [5.74, 6) is -3.79. The number of urea groups is 1. The van der Waals surface area contributed by atoms with Crippen molar-refractivity contribution in [2.45, 2.75) is 75.1 Å². The van der Waals surface area contributed by atoms with Gasteiger partial charge in [0.25, 0.3) is 5.56 Å². The highest BCUT2D eigenvalue weighted by Crippen LogP contribution is 2.30. The van der Waals surface area contributed by atoms with Gasteiger partial charge in [0.2, 0.25) is 23.9 Å². The Labute approximate surface area is 352 Å². The topological polar surface area (TPSA) is 311 Å². The van der Waals surface area contributed by atoms with E-state index in [2.05, 4.69) is 31.6 Å². The standard InChI is InChI=1S/C39H48N8O13S/c1-21(46(2)34(53)27(43-39(58)59)18-23-10-7-11-24(48)16-23)31(33(52)40-20-25-19-29(49)35(60-25)47-14-12-30(50)44-38(47)57)45-32(51)26(13-15-61-3)41-37(56)42-28(36(54)55)17-22-8-5-4-6-9-22/h4-12,14,16,20-21,26-29,31,35,43,48-49H,13,15,17-19H2,1-3H3,(H,40,52)(H,45,51)(H,54,55)(H,58,59)(H2,41,42,56)(H,44,50,57). The van der Waals surface area contributed by atoms with Crippen LogP contribution in [0.4, 0.5) is 9.59 Å². The molecule has 0 radical (unpaired) electrons. The summed E-state index contributed by atoms with van der Waals surface area (Å²) in [6.07, 6.45) is -0.614. The molecule has 6 amide bonds. The number of nitrogens with one attached hydrogen (secondary N) is 6. The minimum Gasteiger partial charge on any atom is -0.508 e. The molecule has 0 saturated carbocycles. The number of hydrogen-bond acceptors (Lipinski definition) is 12. The Kier molecular flexibility index (Phi) is 16.9. The van der Waals surface area contributed by atoms with Gasteiger partial charge in [0.15, 0.2) is 0 Å². The van der Waals surface area contributed by atoms with Gasteiger partial charge < -0.3 is 56.6 Å². The molecule has 1 aliphatic heterocycles. The van der Waals surface area contributed by atoms with Crippen molar-refractivity contribution in [2.24, 2.45) is 0 Å². The summed E-state index contributed by atoms with van der Waals surface area (Å²) < 4.78 is 6.63. The number of hydrogen-bond donors (Lipinski definition) is 10. The number of nitrogens with zero attached hydrogens (tertiary/aromatic N) is 2. The van der Waals surface area contributed by atoms with Gasteiger partial charge in [-0.15, -0.1) is 0 Å². The quantitative estimate of drug-likeness (QED) is 0.0747. The maximum Gasteiger partial charge on any atom is 0.405 e. The molecule has 0 aliphatic carbocycles. The fraction of sp³-hybridized carbons (Fsp3) is 0.385. The van der Waals surface area contributed by atoms with Gasteiger partial charge >= 0.3 is 23.8 Å². The maximum absolute atomic E-state index is 14.0. The average Bonchev–Trinajstić information content (AvgIpc) is 3.58. The molecule has 0 spiro atoms. The molecule has 2 aromatic carbocycles. The van der Waals surface area contributed by atoms with E-state index in [1.807, 2.05) is 0 Å². The molecule has 1 aromatic heterocycles. The number of aliphatic hydroxyl groups excluding tert-OH is 1. The van der Waals surface area contributed by atoms with Crippen LogP contribution in [0.5, 0.6) is 5.75 Å². The third kappa shape index (κ3) is 13.6. The highest BCUT2D eigenvalue weighted by molar-refractivity contribution is 7.98. The molecule has 61 heavy (non-hydrogen) atoms. The van der Waals surface area contributed by atoms with Crippen LogP contribution in [0.3, 0.4) is 0 Å². The molecule has 3 aromatic rings. The Balaban J connectivity index is 1.60. The number of aliphatic carboxylic acids is 1. The summed E-state index contributed by atoms with van der Waals surface area (Å²) in [5.41, 5.74) is -0.507. The minimum absolute atomic E-state index is 0.0115. The highest BCUT2D eigenvalue weighted by Gasteiger charge is 2.38. The van der Waals surface area contributed by atoms with Crippen LogP contribution in [-0.2, 0) is 36.8 Å². The molecule has 1 saturated heterocycles. The zero-order valence-corrected chi connectivity index (χ0v) is 34.1. The van der Waals surface area contributed by atoms with Crippen molar-refractivity contribution in [3.8, 4) is 5.75 Å². The van der Waals surface area contributed by atoms with Gasteiger partial charge in [-0.2, -0.15) is 11.8 Å². The number of thioether (sulfide) groups is 1. The number of aromatic nitrogens is 2. The van der Waals surface area contributed by atoms with Crippen molar-refractivity contribution in [1.29, 1.82) is 0 Å². The molecule has 10 N–H and O–H groups in total. The summed E-state index contributed by atoms with van der Waals surface area (Å²) >= 11 is 1.34. The van der Waals surface area contributed by atoms with Gasteiger partial charge in [0, 0.05) is 44.8 Å². The van der Waals surface area contributed by atoms with E-state index >= 15 is 0 Å². The fourth-order valence-corrected chi connectivity index (χ4v) is 6.77. The SMILES string of the molecule is CSCCC(NC(=O)NC(Cc1ccccc1)C(=O)O)C(=O)NC(C(=O)NC=C1CC(O)C(n2ccc(=O)[nH]c2=O)O1)C(C)N(C)C(=O)C(Cc1cccc(O)c1)NC(=O)O. The number of phenolic OH excluding ortho intramolecular Hbond substituents is 1. The number of carboxylic acid groups (broad SMARTS) is 2. The molecule has 1 aliphatic rings. The van der Waals surface area contributed by atoms with E-state index in [4.69, 9.17) is 4.74 Å². The first kappa shape index (κ1) is 46.9. The van der Waals surface area contributed by atoms with E-state index in [0.717, 1.165) is 27.9 Å². The monoisotopic (exact) mass is 868 g/mol. The predicted octanol–water partition coefficient (Wildman–Crippen LogP) is -0.193. The number of benzene rings is 2. The number of H-pyrrole nitrogens is 1. The van der Waals surface area contributed by atoms with E-state index < -0.39 is 89.6 Å². The van der Waals surface area contributed by atoms with Crippen molar-refractivity contribution < 1.29 is 53.9 Å². The molecule has 2 heterocycles. The number of aromatic hydroxyl groups is 1. The Bertz CT molecular complexity index is 2200. The van der Waals surface area contributed by atoms with Crippen molar-refractivity contribution in [3.63, 3.8) is 0 Å². The summed E-state index contributed by atoms with van der Waals surface area (Å²) in [6, 6.07) is 7.42. The van der Waals surface area contributed by atoms with Crippen LogP contribution in [0.15, 0.2) is 88.4 Å². The first-order valence-electron chi connectivity index (χ1n) is 18.8. The normalized spacial score (nSPS) is 17.7. The molecule has 328 valence electrons. The van der Waals surface area contributed by atoms with Crippen LogP contribution in [0, 0.1) is 0 Å². The number of rotatable bonds is 19. The van der Waals surface area contributed by atoms with Crippen LogP contribution < -0.4 is 37.8 Å². The molecule has 0 bridgehead atoms. The van der Waals surface area contributed by atoms with Crippen molar-refractivity contribution >= 4 is 47.6 Å². The lowest BCUT2D eigenvalue weighted by molar-refractivity contribution is -0.139. The Morgan fingerprint density at radius 2 is 1.59 bits per heavy atom. The number of carbonyl (C=O) groups excluding carboxylic acids is 4. The second-order valence-corrected chi connectivity index (χ2v) is 15.0. The number of carbonyl (C=O) groups is 6. The molecule has 22 heteroatoms. The second kappa shape index (κ2) is 22.0. The van der Waals surface area contributed by atoms with Crippen LogP contribution in [0.2, 0.25) is 0 Å². The zero-order chi connectivity index (χ0) is 44.8. The summed E-state index contributed by atoms with van der Waals surface area (Å²) in [7, 11) is 1.27. The summed E-state index contributed by atoms with van der Waals surface area (Å²) in [6.45, 7) is 1.40. The first-order valence-corrected chi connectivity index (χ1v) is 20.2. The van der Waals surface area contributed by atoms with E-state index in [1.54, 1.807) is 42.7 Å². The Morgan fingerprint density at radius 3 is 2.23 bits per heavy atom. The van der Waals surface area contributed by atoms with Crippen molar-refractivity contribution in [2.75, 3.05) is 19.1 Å². The molecule has 21 nitrogen and oxygen atoms in total. The lowest BCUT2D eigenvalue weighted by Crippen LogP contribution is -2.62. The minimum atomic E-state index is -1.63. The van der Waals surface area contributed by atoms with Crippen LogP contribution in [0.1, 0.15) is 37.1 Å². The lowest BCUT2D eigenvalue weighted by Gasteiger charge is -2.34. The first-order chi connectivity index (χ1) is 29.0. The molecular formula is C39H48N8O13S. The van der Waals surface area contributed by atoms with E-state index in [1.165, 1.54) is 43.9 Å². The highest BCUT2D eigenvalue weighted by atomic mass is 32.2. The number of aromatic amines is 1. The number of carboxylic acids is 1. The summed E-state index contributed by atoms with van der Waals surface area (Å²) in [5, 5.41) is 52.0. The predicted molar refractivity (Wildman–Crippen MR) is 219 cm³/mol. The molecule has 7 unspecified atom stereocenters. The van der Waals surface area contributed by atoms with Crippen LogP contribution in [-0.4, -0.2) is 126 Å². The van der Waals surface area contributed by atoms with Gasteiger partial charge in [0.1, 0.15) is 41.8 Å². The fourth-order valence-electron chi connectivity index (χ4n) is 6.30. The molecule has 1 fully saturated rings. The molecular weight excluding hydrogens is 821 g/mol. The Morgan fingerprint density at radius 1 is 0.918 bits per heavy atom. The van der Waals surface area contributed by atoms with E-state index in [9.17, 15) is 58.8 Å². The maximum atomic E-state index is 14.0. The zero-order valence-electron chi connectivity index (χ0n) is 33.3. The van der Waals surface area contributed by atoms with Gasteiger partial charge in [-0.05, 0) is 48.6 Å². The number of likely N-dealkylation sites (N-methyl/N-ethyl adjacent to an activating group) is 1. The second-order valence-electron chi connectivity index (χ2n) is 14.0. The largest absolute Gasteiger partial charge is 0.508 e. The molecule has 7 atom stereocenters. The lowest BCUT2D eigenvalue weighted by atomic mass is 10.0. The van der Waals surface area contributed by atoms with Gasteiger partial charge in [-0.1, -0.05) is 42.5 Å². The van der Waals surface area contributed by atoms with Crippen LogP contribution in [0.25, 0.3) is 0 Å². The van der Waals surface area contributed by atoms with E-state index in [-0.39, 0.29) is 37.2 Å². The van der Waals surface area contributed by atoms with Gasteiger partial charge in [-0.3, -0.25) is 28.7 Å². The third-order valence-electron chi connectivity index (χ3n) is 9.60. The van der Waals surface area contributed by atoms with Gasteiger partial charge in [-0.25, -0.2) is 19.2 Å².